The number of methoxy groups -OCH3 is 1. The maximum atomic E-state index is 11.0. The first-order valence-electron chi connectivity index (χ1n) is 5.07. The lowest BCUT2D eigenvalue weighted by atomic mass is 9.76. The van der Waals surface area contributed by atoms with Crippen LogP contribution in [-0.2, 0) is 14.3 Å². The van der Waals surface area contributed by atoms with Gasteiger partial charge in [0.1, 0.15) is 0 Å². The first-order valence-corrected chi connectivity index (χ1v) is 5.07. The first-order chi connectivity index (χ1) is 6.72. The van der Waals surface area contributed by atoms with E-state index < -0.39 is 0 Å². The van der Waals surface area contributed by atoms with Gasteiger partial charge in [-0.2, -0.15) is 0 Å². The molecular weight excluding hydrogens is 182 g/mol. The van der Waals surface area contributed by atoms with Crippen LogP contribution in [0.5, 0.6) is 0 Å². The Morgan fingerprint density at radius 1 is 1.50 bits per heavy atom. The zero-order chi connectivity index (χ0) is 10.4. The van der Waals surface area contributed by atoms with Gasteiger partial charge in [-0.25, -0.2) is 0 Å². The van der Waals surface area contributed by atoms with Crippen molar-refractivity contribution in [3.05, 3.63) is 0 Å². The van der Waals surface area contributed by atoms with Crippen LogP contribution in [0.3, 0.4) is 0 Å². The molecule has 0 radical (unpaired) electrons. The fourth-order valence-corrected chi connectivity index (χ4v) is 1.83. The number of hydrogen-bond acceptors (Lipinski definition) is 4. The molecule has 1 fully saturated rings. The Balaban J connectivity index is 2.39. The summed E-state index contributed by atoms with van der Waals surface area (Å²) in [6.45, 7) is 2.16. The van der Waals surface area contributed by atoms with Crippen molar-refractivity contribution in [2.45, 2.75) is 25.7 Å². The molecular formula is C10H19NO3. The van der Waals surface area contributed by atoms with Crippen molar-refractivity contribution in [1.82, 2.24) is 0 Å². The highest BCUT2D eigenvalue weighted by Gasteiger charge is 2.31. The summed E-state index contributed by atoms with van der Waals surface area (Å²) in [6, 6.07) is 0. The Labute approximate surface area is 84.7 Å². The van der Waals surface area contributed by atoms with Gasteiger partial charge in [-0.15, -0.1) is 0 Å². The highest BCUT2D eigenvalue weighted by atomic mass is 16.5. The lowest BCUT2D eigenvalue weighted by molar-refractivity contribution is -0.141. The average Bonchev–Trinajstić information content (AvgIpc) is 2.27. The normalized spacial score (nSPS) is 20.4. The molecule has 0 aromatic heterocycles. The van der Waals surface area contributed by atoms with Crippen molar-refractivity contribution in [3.63, 3.8) is 0 Å². The summed E-state index contributed by atoms with van der Waals surface area (Å²) in [5.41, 5.74) is 5.86. The van der Waals surface area contributed by atoms with Gasteiger partial charge >= 0.3 is 5.97 Å². The van der Waals surface area contributed by atoms with Gasteiger partial charge < -0.3 is 15.2 Å². The molecule has 4 heteroatoms. The van der Waals surface area contributed by atoms with Crippen molar-refractivity contribution in [3.8, 4) is 0 Å². The van der Waals surface area contributed by atoms with Crippen molar-refractivity contribution in [2.24, 2.45) is 11.1 Å². The minimum Gasteiger partial charge on any atom is -0.469 e. The van der Waals surface area contributed by atoms with Gasteiger partial charge in [0, 0.05) is 19.6 Å². The fraction of sp³-hybridized carbons (Fsp3) is 0.900. The summed E-state index contributed by atoms with van der Waals surface area (Å²) >= 11 is 0. The van der Waals surface area contributed by atoms with Crippen LogP contribution in [-0.4, -0.2) is 32.8 Å². The van der Waals surface area contributed by atoms with Gasteiger partial charge in [-0.3, -0.25) is 4.79 Å². The molecule has 0 bridgehead atoms. The van der Waals surface area contributed by atoms with Gasteiger partial charge in [0.05, 0.1) is 7.11 Å². The average molecular weight is 201 g/mol. The zero-order valence-electron chi connectivity index (χ0n) is 8.75. The maximum absolute atomic E-state index is 11.0. The molecule has 0 aromatic carbocycles. The number of hydrogen-bond donors (Lipinski definition) is 1. The lowest BCUT2D eigenvalue weighted by Crippen LogP contribution is -2.37. The number of esters is 1. The highest BCUT2D eigenvalue weighted by molar-refractivity contribution is 5.69. The van der Waals surface area contributed by atoms with E-state index in [0.29, 0.717) is 13.0 Å². The van der Waals surface area contributed by atoms with Crippen molar-refractivity contribution in [2.75, 3.05) is 26.9 Å². The predicted molar refractivity (Wildman–Crippen MR) is 52.8 cm³/mol. The zero-order valence-corrected chi connectivity index (χ0v) is 8.75. The van der Waals surface area contributed by atoms with Gasteiger partial charge in [-0.05, 0) is 31.2 Å². The SMILES string of the molecule is COC(=O)CCC1(CN)CCOCC1. The summed E-state index contributed by atoms with van der Waals surface area (Å²) in [7, 11) is 1.42. The second-order valence-electron chi connectivity index (χ2n) is 3.89. The number of carbonyl (C=O) groups excluding carboxylic acids is 1. The van der Waals surface area contributed by atoms with Crippen molar-refractivity contribution in [1.29, 1.82) is 0 Å². The molecule has 14 heavy (non-hydrogen) atoms. The molecule has 4 nitrogen and oxygen atoms in total. The smallest absolute Gasteiger partial charge is 0.305 e. The third-order valence-electron chi connectivity index (χ3n) is 3.07. The number of rotatable bonds is 4. The molecule has 0 amide bonds. The van der Waals surface area contributed by atoms with Crippen LogP contribution >= 0.6 is 0 Å². The lowest BCUT2D eigenvalue weighted by Gasteiger charge is -2.35. The van der Waals surface area contributed by atoms with Gasteiger partial charge in [-0.1, -0.05) is 0 Å². The Kier molecular flexibility index (Phi) is 4.35. The van der Waals surface area contributed by atoms with Crippen LogP contribution in [0.25, 0.3) is 0 Å². The molecule has 0 spiro atoms. The Morgan fingerprint density at radius 3 is 2.64 bits per heavy atom. The summed E-state index contributed by atoms with van der Waals surface area (Å²) in [4.78, 5) is 11.0. The second kappa shape index (κ2) is 5.32. The molecule has 1 aliphatic rings. The molecule has 1 rings (SSSR count). The van der Waals surface area contributed by atoms with Crippen molar-refractivity contribution < 1.29 is 14.3 Å². The van der Waals surface area contributed by atoms with E-state index in [1.807, 2.05) is 0 Å². The standard InChI is InChI=1S/C10H19NO3/c1-13-9(12)2-3-10(8-11)4-6-14-7-5-10/h2-8,11H2,1H3. The summed E-state index contributed by atoms with van der Waals surface area (Å²) in [5.74, 6) is -0.149. The Hall–Kier alpha value is -0.610. The molecule has 2 N–H and O–H groups in total. The Morgan fingerprint density at radius 2 is 2.14 bits per heavy atom. The summed E-state index contributed by atoms with van der Waals surface area (Å²) in [5, 5.41) is 0. The molecule has 0 atom stereocenters. The quantitative estimate of drug-likeness (QED) is 0.680. The predicted octanol–water partition coefficient (Wildman–Crippen LogP) is 0.695. The summed E-state index contributed by atoms with van der Waals surface area (Å²) < 4.78 is 9.91. The van der Waals surface area contributed by atoms with E-state index in [1.54, 1.807) is 0 Å². The fourth-order valence-electron chi connectivity index (χ4n) is 1.83. The number of carbonyl (C=O) groups is 1. The van der Waals surface area contributed by atoms with Crippen LogP contribution in [0.4, 0.5) is 0 Å². The minimum atomic E-state index is -0.149. The minimum absolute atomic E-state index is 0.104. The third kappa shape index (κ3) is 2.96. The van der Waals surface area contributed by atoms with E-state index in [0.717, 1.165) is 32.5 Å². The van der Waals surface area contributed by atoms with Crippen LogP contribution in [0.1, 0.15) is 25.7 Å². The largest absolute Gasteiger partial charge is 0.469 e. The van der Waals surface area contributed by atoms with E-state index in [-0.39, 0.29) is 11.4 Å². The van der Waals surface area contributed by atoms with Crippen LogP contribution in [0.2, 0.25) is 0 Å². The van der Waals surface area contributed by atoms with E-state index >= 15 is 0 Å². The van der Waals surface area contributed by atoms with E-state index in [9.17, 15) is 4.79 Å². The Bertz CT molecular complexity index is 188. The molecule has 0 unspecified atom stereocenters. The van der Waals surface area contributed by atoms with Gasteiger partial charge in [0.15, 0.2) is 0 Å². The molecule has 1 heterocycles. The topological polar surface area (TPSA) is 61.5 Å². The number of ether oxygens (including phenoxy) is 2. The van der Waals surface area contributed by atoms with E-state index in [1.165, 1.54) is 7.11 Å². The summed E-state index contributed by atoms with van der Waals surface area (Å²) in [6.07, 6.45) is 3.20. The molecule has 1 saturated heterocycles. The molecule has 0 aromatic rings. The van der Waals surface area contributed by atoms with Crippen molar-refractivity contribution >= 4 is 5.97 Å². The first kappa shape index (κ1) is 11.5. The van der Waals surface area contributed by atoms with Crippen LogP contribution < -0.4 is 5.73 Å². The highest BCUT2D eigenvalue weighted by Crippen LogP contribution is 2.34. The molecule has 82 valence electrons. The van der Waals surface area contributed by atoms with E-state index in [4.69, 9.17) is 10.5 Å². The third-order valence-corrected chi connectivity index (χ3v) is 3.07. The molecule has 0 saturated carbocycles. The van der Waals surface area contributed by atoms with Gasteiger partial charge in [0.25, 0.3) is 0 Å². The second-order valence-corrected chi connectivity index (χ2v) is 3.89. The van der Waals surface area contributed by atoms with Gasteiger partial charge in [0.2, 0.25) is 0 Å². The maximum Gasteiger partial charge on any atom is 0.305 e. The monoisotopic (exact) mass is 201 g/mol. The van der Waals surface area contributed by atoms with Crippen LogP contribution in [0, 0.1) is 5.41 Å². The molecule has 0 aliphatic carbocycles. The molecule has 1 aliphatic heterocycles. The van der Waals surface area contributed by atoms with E-state index in [2.05, 4.69) is 4.74 Å². The van der Waals surface area contributed by atoms with Crippen LogP contribution in [0.15, 0.2) is 0 Å². The number of nitrogens with two attached hydrogens (primary N) is 1.